The molecule has 2 rings (SSSR count). The van der Waals surface area contributed by atoms with E-state index >= 15 is 0 Å². The lowest BCUT2D eigenvalue weighted by atomic mass is 10.1. The number of nitrogens with one attached hydrogen (secondary N) is 2. The second kappa shape index (κ2) is 4.90. The van der Waals surface area contributed by atoms with Gasteiger partial charge in [0.2, 0.25) is 0 Å². The summed E-state index contributed by atoms with van der Waals surface area (Å²) < 4.78 is 0. The minimum absolute atomic E-state index is 0.496. The zero-order valence-electron chi connectivity index (χ0n) is 11.0. The van der Waals surface area contributed by atoms with Crippen molar-refractivity contribution in [2.75, 3.05) is 23.7 Å². The average molecular weight is 234 g/mol. The highest BCUT2D eigenvalue weighted by molar-refractivity contribution is 5.47. The van der Waals surface area contributed by atoms with E-state index in [1.54, 1.807) is 0 Å². The van der Waals surface area contributed by atoms with Crippen molar-refractivity contribution < 1.29 is 0 Å². The number of rotatable bonds is 6. The number of nitrogens with zero attached hydrogens (tertiary/aromatic N) is 2. The van der Waals surface area contributed by atoms with Crippen LogP contribution < -0.4 is 10.6 Å². The van der Waals surface area contributed by atoms with Gasteiger partial charge in [-0.2, -0.15) is 0 Å². The third-order valence-electron chi connectivity index (χ3n) is 3.19. The summed E-state index contributed by atoms with van der Waals surface area (Å²) in [4.78, 5) is 8.78. The summed E-state index contributed by atoms with van der Waals surface area (Å²) in [5, 5.41) is 6.71. The third-order valence-corrected chi connectivity index (χ3v) is 3.19. The highest BCUT2D eigenvalue weighted by atomic mass is 15.1. The van der Waals surface area contributed by atoms with Gasteiger partial charge >= 0.3 is 0 Å². The second-order valence-corrected chi connectivity index (χ2v) is 5.28. The fourth-order valence-electron chi connectivity index (χ4n) is 1.70. The van der Waals surface area contributed by atoms with E-state index in [1.807, 2.05) is 13.0 Å². The zero-order chi connectivity index (χ0) is 12.3. The second-order valence-electron chi connectivity index (χ2n) is 5.28. The van der Waals surface area contributed by atoms with E-state index in [9.17, 15) is 0 Å². The number of aryl methyl sites for hydroxylation is 1. The summed E-state index contributed by atoms with van der Waals surface area (Å²) in [6.45, 7) is 8.35. The monoisotopic (exact) mass is 234 g/mol. The van der Waals surface area contributed by atoms with Gasteiger partial charge in [0.05, 0.1) is 0 Å². The molecule has 17 heavy (non-hydrogen) atoms. The van der Waals surface area contributed by atoms with Crippen LogP contribution in [0.15, 0.2) is 6.07 Å². The maximum Gasteiger partial charge on any atom is 0.131 e. The van der Waals surface area contributed by atoms with Crippen molar-refractivity contribution in [1.82, 2.24) is 9.97 Å². The average Bonchev–Trinajstić information content (AvgIpc) is 3.02. The molecule has 0 aliphatic heterocycles. The summed E-state index contributed by atoms with van der Waals surface area (Å²) in [6, 6.07) is 1.99. The summed E-state index contributed by atoms with van der Waals surface area (Å²) in [5.41, 5.74) is 0.496. The largest absolute Gasteiger partial charge is 0.370 e. The van der Waals surface area contributed by atoms with E-state index in [2.05, 4.69) is 34.4 Å². The first-order chi connectivity index (χ1) is 8.11. The standard InChI is InChI=1S/C13H22N4/c1-4-7-14-11-8-12(17-10(2)16-11)15-9-13(3)5-6-13/h8H,4-7,9H2,1-3H3,(H2,14,15,16,17). The molecule has 0 radical (unpaired) electrons. The number of hydrogen-bond acceptors (Lipinski definition) is 4. The van der Waals surface area contributed by atoms with Crippen LogP contribution >= 0.6 is 0 Å². The van der Waals surface area contributed by atoms with Gasteiger partial charge in [-0.25, -0.2) is 9.97 Å². The Hall–Kier alpha value is -1.32. The highest BCUT2D eigenvalue weighted by Crippen LogP contribution is 2.44. The van der Waals surface area contributed by atoms with E-state index in [-0.39, 0.29) is 0 Å². The van der Waals surface area contributed by atoms with Crippen LogP contribution in [0.25, 0.3) is 0 Å². The van der Waals surface area contributed by atoms with Crippen molar-refractivity contribution in [1.29, 1.82) is 0 Å². The Morgan fingerprint density at radius 2 is 1.88 bits per heavy atom. The number of aromatic nitrogens is 2. The van der Waals surface area contributed by atoms with Crippen LogP contribution in [0.4, 0.5) is 11.6 Å². The van der Waals surface area contributed by atoms with Gasteiger partial charge in [-0.15, -0.1) is 0 Å². The molecule has 1 aliphatic carbocycles. The number of anilines is 2. The molecule has 0 amide bonds. The molecule has 0 atom stereocenters. The summed E-state index contributed by atoms with van der Waals surface area (Å²) in [5.74, 6) is 2.67. The lowest BCUT2D eigenvalue weighted by Gasteiger charge is -2.12. The van der Waals surface area contributed by atoms with E-state index in [0.29, 0.717) is 5.41 Å². The minimum Gasteiger partial charge on any atom is -0.370 e. The Labute approximate surface area is 103 Å². The fourth-order valence-corrected chi connectivity index (χ4v) is 1.70. The SMILES string of the molecule is CCCNc1cc(NCC2(C)CC2)nc(C)n1. The summed E-state index contributed by atoms with van der Waals surface area (Å²) in [7, 11) is 0. The van der Waals surface area contributed by atoms with Gasteiger partial charge < -0.3 is 10.6 Å². The normalized spacial score (nSPS) is 16.6. The summed E-state index contributed by atoms with van der Waals surface area (Å²) >= 11 is 0. The Bertz CT molecular complexity index is 385. The zero-order valence-corrected chi connectivity index (χ0v) is 11.0. The molecule has 4 heteroatoms. The van der Waals surface area contributed by atoms with Gasteiger partial charge in [0.1, 0.15) is 17.5 Å². The number of hydrogen-bond donors (Lipinski definition) is 2. The minimum atomic E-state index is 0.496. The molecule has 1 saturated carbocycles. The molecule has 1 aromatic heterocycles. The van der Waals surface area contributed by atoms with E-state index < -0.39 is 0 Å². The molecule has 0 unspecified atom stereocenters. The van der Waals surface area contributed by atoms with Crippen molar-refractivity contribution >= 4 is 11.6 Å². The van der Waals surface area contributed by atoms with Crippen LogP contribution in [0.1, 0.15) is 38.9 Å². The lowest BCUT2D eigenvalue weighted by Crippen LogP contribution is -2.14. The molecule has 0 spiro atoms. The first kappa shape index (κ1) is 12.1. The molecular formula is C13H22N4. The highest BCUT2D eigenvalue weighted by Gasteiger charge is 2.36. The Balaban J connectivity index is 1.97. The van der Waals surface area contributed by atoms with Crippen molar-refractivity contribution in [3.05, 3.63) is 11.9 Å². The van der Waals surface area contributed by atoms with Crippen LogP contribution in [0.3, 0.4) is 0 Å². The van der Waals surface area contributed by atoms with Gasteiger partial charge in [0.15, 0.2) is 0 Å². The van der Waals surface area contributed by atoms with E-state index in [4.69, 9.17) is 0 Å². The maximum absolute atomic E-state index is 4.41. The fraction of sp³-hybridized carbons (Fsp3) is 0.692. The third kappa shape index (κ3) is 3.58. The van der Waals surface area contributed by atoms with Crippen molar-refractivity contribution in [2.45, 2.75) is 40.0 Å². The first-order valence-electron chi connectivity index (χ1n) is 6.45. The van der Waals surface area contributed by atoms with Crippen molar-refractivity contribution in [3.8, 4) is 0 Å². The first-order valence-corrected chi connectivity index (χ1v) is 6.45. The van der Waals surface area contributed by atoms with Crippen LogP contribution in [-0.4, -0.2) is 23.1 Å². The van der Waals surface area contributed by atoms with Crippen LogP contribution in [0.5, 0.6) is 0 Å². The van der Waals surface area contributed by atoms with Gasteiger partial charge in [-0.05, 0) is 31.6 Å². The molecule has 2 N–H and O–H groups in total. The molecular weight excluding hydrogens is 212 g/mol. The molecule has 1 heterocycles. The molecule has 4 nitrogen and oxygen atoms in total. The molecule has 94 valence electrons. The predicted molar refractivity (Wildman–Crippen MR) is 71.4 cm³/mol. The van der Waals surface area contributed by atoms with Crippen LogP contribution in [-0.2, 0) is 0 Å². The Kier molecular flexibility index (Phi) is 3.50. The Morgan fingerprint density at radius 3 is 2.47 bits per heavy atom. The van der Waals surface area contributed by atoms with Crippen molar-refractivity contribution in [3.63, 3.8) is 0 Å². The topological polar surface area (TPSA) is 49.8 Å². The van der Waals surface area contributed by atoms with Crippen LogP contribution in [0, 0.1) is 12.3 Å². The molecule has 0 saturated heterocycles. The van der Waals surface area contributed by atoms with Gasteiger partial charge in [0, 0.05) is 19.2 Å². The Morgan fingerprint density at radius 1 is 1.24 bits per heavy atom. The van der Waals surface area contributed by atoms with Crippen molar-refractivity contribution in [2.24, 2.45) is 5.41 Å². The quantitative estimate of drug-likeness (QED) is 0.794. The van der Waals surface area contributed by atoms with Gasteiger partial charge in [-0.3, -0.25) is 0 Å². The maximum atomic E-state index is 4.41. The molecule has 1 fully saturated rings. The predicted octanol–water partition coefficient (Wildman–Crippen LogP) is 2.82. The van der Waals surface area contributed by atoms with Crippen LogP contribution in [0.2, 0.25) is 0 Å². The van der Waals surface area contributed by atoms with Gasteiger partial charge in [0.25, 0.3) is 0 Å². The smallest absolute Gasteiger partial charge is 0.131 e. The summed E-state index contributed by atoms with van der Waals surface area (Å²) in [6.07, 6.45) is 3.75. The molecule has 0 bridgehead atoms. The molecule has 0 aromatic carbocycles. The molecule has 1 aliphatic rings. The van der Waals surface area contributed by atoms with E-state index in [0.717, 1.165) is 37.0 Å². The van der Waals surface area contributed by atoms with E-state index in [1.165, 1.54) is 12.8 Å². The van der Waals surface area contributed by atoms with Gasteiger partial charge in [-0.1, -0.05) is 13.8 Å². The molecule has 1 aromatic rings. The lowest BCUT2D eigenvalue weighted by molar-refractivity contribution is 0.609.